The summed E-state index contributed by atoms with van der Waals surface area (Å²) in [6.45, 7) is 5.91. The van der Waals surface area contributed by atoms with Gasteiger partial charge in [-0.3, -0.25) is 0 Å². The minimum Gasteiger partial charge on any atom is -0.494 e. The van der Waals surface area contributed by atoms with Gasteiger partial charge in [-0.05, 0) is 74.2 Å². The Bertz CT molecular complexity index is 903. The fraction of sp³-hybridized carbons (Fsp3) is 0.500. The molecule has 1 heterocycles. The normalized spacial score (nSPS) is 14.7. The Labute approximate surface area is 203 Å². The van der Waals surface area contributed by atoms with Gasteiger partial charge >= 0.3 is 12.3 Å². The van der Waals surface area contributed by atoms with Gasteiger partial charge in [-0.1, -0.05) is 13.3 Å². The summed E-state index contributed by atoms with van der Waals surface area (Å²) in [6.07, 6.45) is 0.376. The highest BCUT2D eigenvalue weighted by atomic mass is 19.4. The van der Waals surface area contributed by atoms with Crippen LogP contribution in [0, 0.1) is 5.41 Å². The first-order valence-electron chi connectivity index (χ1n) is 11.7. The molecule has 0 amide bonds. The van der Waals surface area contributed by atoms with Crippen LogP contribution in [0.3, 0.4) is 0 Å². The van der Waals surface area contributed by atoms with Gasteiger partial charge in [0, 0.05) is 12.0 Å². The predicted octanol–water partition coefficient (Wildman–Crippen LogP) is 6.19. The molecule has 2 aromatic rings. The van der Waals surface area contributed by atoms with Crippen LogP contribution in [0.4, 0.5) is 13.2 Å². The van der Waals surface area contributed by atoms with Crippen molar-refractivity contribution in [1.82, 2.24) is 0 Å². The molecule has 1 aliphatic heterocycles. The van der Waals surface area contributed by atoms with Crippen molar-refractivity contribution in [2.75, 3.05) is 33.0 Å². The quantitative estimate of drug-likeness (QED) is 0.177. The van der Waals surface area contributed by atoms with Crippen molar-refractivity contribution in [2.45, 2.75) is 45.4 Å². The molecular formula is C26H31F3O6. The van der Waals surface area contributed by atoms with Crippen LogP contribution in [0.1, 0.15) is 49.4 Å². The molecule has 0 atom stereocenters. The second kappa shape index (κ2) is 12.8. The molecule has 2 aromatic carbocycles. The van der Waals surface area contributed by atoms with Crippen molar-refractivity contribution >= 4 is 5.97 Å². The Balaban J connectivity index is 1.28. The summed E-state index contributed by atoms with van der Waals surface area (Å²) < 4.78 is 62.4. The number of carbonyl (C=O) groups is 1. The second-order valence-corrected chi connectivity index (χ2v) is 8.59. The van der Waals surface area contributed by atoms with Gasteiger partial charge in [0.25, 0.3) is 0 Å². The predicted molar refractivity (Wildman–Crippen MR) is 123 cm³/mol. The minimum absolute atomic E-state index is 0.108. The third-order valence-corrected chi connectivity index (χ3v) is 5.78. The van der Waals surface area contributed by atoms with E-state index in [-0.39, 0.29) is 11.2 Å². The molecule has 0 aromatic heterocycles. The molecule has 1 fully saturated rings. The van der Waals surface area contributed by atoms with Crippen LogP contribution in [-0.4, -0.2) is 45.4 Å². The van der Waals surface area contributed by atoms with Gasteiger partial charge in [0.1, 0.15) is 17.2 Å². The van der Waals surface area contributed by atoms with Gasteiger partial charge in [-0.2, -0.15) is 0 Å². The van der Waals surface area contributed by atoms with E-state index in [4.69, 9.17) is 18.9 Å². The molecule has 0 N–H and O–H groups in total. The fourth-order valence-electron chi connectivity index (χ4n) is 3.48. The van der Waals surface area contributed by atoms with Crippen LogP contribution in [-0.2, 0) is 9.47 Å². The van der Waals surface area contributed by atoms with E-state index in [1.165, 1.54) is 12.1 Å². The van der Waals surface area contributed by atoms with Crippen molar-refractivity contribution in [3.63, 3.8) is 0 Å². The second-order valence-electron chi connectivity index (χ2n) is 8.59. The molecule has 0 spiro atoms. The molecule has 1 saturated heterocycles. The van der Waals surface area contributed by atoms with Gasteiger partial charge in [-0.15, -0.1) is 13.2 Å². The first kappa shape index (κ1) is 26.8. The van der Waals surface area contributed by atoms with Crippen molar-refractivity contribution < 1.29 is 41.7 Å². The zero-order chi connectivity index (χ0) is 25.2. The molecule has 9 heteroatoms. The van der Waals surface area contributed by atoms with E-state index in [2.05, 4.69) is 11.7 Å². The van der Waals surface area contributed by atoms with Crippen LogP contribution < -0.4 is 14.2 Å². The number of halogens is 3. The minimum atomic E-state index is -4.78. The highest BCUT2D eigenvalue weighted by molar-refractivity contribution is 5.91. The number of ether oxygens (including phenoxy) is 5. The third kappa shape index (κ3) is 9.07. The summed E-state index contributed by atoms with van der Waals surface area (Å²) >= 11 is 0. The van der Waals surface area contributed by atoms with Gasteiger partial charge in [-0.25, -0.2) is 4.79 Å². The lowest BCUT2D eigenvalue weighted by molar-refractivity contribution is -0.274. The van der Waals surface area contributed by atoms with Gasteiger partial charge < -0.3 is 23.7 Å². The van der Waals surface area contributed by atoms with Crippen LogP contribution in [0.25, 0.3) is 0 Å². The van der Waals surface area contributed by atoms with E-state index in [0.29, 0.717) is 17.9 Å². The van der Waals surface area contributed by atoms with Crippen molar-refractivity contribution in [3.8, 4) is 17.2 Å². The largest absolute Gasteiger partial charge is 0.573 e. The zero-order valence-electron chi connectivity index (χ0n) is 19.8. The lowest BCUT2D eigenvalue weighted by atomic mass is 9.84. The fourth-order valence-corrected chi connectivity index (χ4v) is 3.48. The standard InChI is InChI=1S/C26H31F3O6/c1-2-25(18-32-19-25)17-31-15-5-3-4-6-16-33-21-9-7-20(8-10-21)24(30)34-22-11-13-23(14-12-22)35-26(27,28)29/h7-14H,2-6,15-19H2,1H3. The van der Waals surface area contributed by atoms with Gasteiger partial charge in [0.15, 0.2) is 0 Å². The topological polar surface area (TPSA) is 63.2 Å². The van der Waals surface area contributed by atoms with Crippen molar-refractivity contribution in [1.29, 1.82) is 0 Å². The summed E-state index contributed by atoms with van der Waals surface area (Å²) in [7, 11) is 0. The van der Waals surface area contributed by atoms with Crippen LogP contribution in [0.5, 0.6) is 17.2 Å². The number of rotatable bonds is 14. The Hall–Kier alpha value is -2.78. The maximum Gasteiger partial charge on any atom is 0.573 e. The Morgan fingerprint density at radius 1 is 0.886 bits per heavy atom. The van der Waals surface area contributed by atoms with Gasteiger partial charge in [0.2, 0.25) is 0 Å². The van der Waals surface area contributed by atoms with Crippen molar-refractivity contribution in [2.24, 2.45) is 5.41 Å². The number of hydrogen-bond acceptors (Lipinski definition) is 6. The van der Waals surface area contributed by atoms with Crippen LogP contribution in [0.2, 0.25) is 0 Å². The third-order valence-electron chi connectivity index (χ3n) is 5.78. The SMILES string of the molecule is CCC1(COCCCCCCOc2ccc(C(=O)Oc3ccc(OC(F)(F)F)cc3)cc2)COC1. The number of esters is 1. The maximum atomic E-state index is 12.2. The van der Waals surface area contributed by atoms with Crippen molar-refractivity contribution in [3.05, 3.63) is 54.1 Å². The first-order valence-corrected chi connectivity index (χ1v) is 11.7. The molecule has 1 aliphatic rings. The smallest absolute Gasteiger partial charge is 0.494 e. The highest BCUT2D eigenvalue weighted by Crippen LogP contribution is 2.31. The number of hydrogen-bond donors (Lipinski definition) is 0. The molecule has 3 rings (SSSR count). The average molecular weight is 497 g/mol. The molecule has 0 radical (unpaired) electrons. The van der Waals surface area contributed by atoms with Crippen LogP contribution in [0.15, 0.2) is 48.5 Å². The summed E-state index contributed by atoms with van der Waals surface area (Å²) in [4.78, 5) is 12.2. The lowest BCUT2D eigenvalue weighted by Gasteiger charge is -2.40. The molecule has 192 valence electrons. The lowest BCUT2D eigenvalue weighted by Crippen LogP contribution is -2.45. The van der Waals surface area contributed by atoms with Crippen LogP contribution >= 0.6 is 0 Å². The molecular weight excluding hydrogens is 465 g/mol. The van der Waals surface area contributed by atoms with E-state index in [9.17, 15) is 18.0 Å². The molecule has 0 unspecified atom stereocenters. The van der Waals surface area contributed by atoms with Gasteiger partial charge in [0.05, 0.1) is 32.0 Å². The number of alkyl halides is 3. The first-order chi connectivity index (χ1) is 16.8. The average Bonchev–Trinajstić information content (AvgIpc) is 2.80. The monoisotopic (exact) mass is 496 g/mol. The number of carbonyl (C=O) groups excluding carboxylic acids is 1. The number of unbranched alkanes of at least 4 members (excludes halogenated alkanes) is 3. The molecule has 6 nitrogen and oxygen atoms in total. The van der Waals surface area contributed by atoms with E-state index in [1.807, 2.05) is 0 Å². The molecule has 0 saturated carbocycles. The molecule has 0 aliphatic carbocycles. The Morgan fingerprint density at radius 3 is 2.06 bits per heavy atom. The maximum absolute atomic E-state index is 12.2. The summed E-state index contributed by atoms with van der Waals surface area (Å²) in [5.74, 6) is -0.266. The summed E-state index contributed by atoms with van der Waals surface area (Å²) in [5.41, 5.74) is 0.534. The van der Waals surface area contributed by atoms with E-state index in [0.717, 1.165) is 70.7 Å². The Kier molecular flexibility index (Phi) is 9.80. The van der Waals surface area contributed by atoms with E-state index < -0.39 is 18.1 Å². The summed E-state index contributed by atoms with van der Waals surface area (Å²) in [6, 6.07) is 11.1. The summed E-state index contributed by atoms with van der Waals surface area (Å²) in [5, 5.41) is 0. The highest BCUT2D eigenvalue weighted by Gasteiger charge is 2.36. The zero-order valence-corrected chi connectivity index (χ0v) is 19.8. The number of benzene rings is 2. The molecule has 0 bridgehead atoms. The molecule has 35 heavy (non-hydrogen) atoms. The Morgan fingerprint density at radius 2 is 1.49 bits per heavy atom. The van der Waals surface area contributed by atoms with E-state index >= 15 is 0 Å². The van der Waals surface area contributed by atoms with E-state index in [1.54, 1.807) is 24.3 Å².